The molecule has 0 aliphatic rings. The summed E-state index contributed by atoms with van der Waals surface area (Å²) >= 11 is 0. The molecule has 0 fully saturated rings. The minimum atomic E-state index is -0.533. The van der Waals surface area contributed by atoms with Crippen LogP contribution in [0.1, 0.15) is 12.5 Å². The van der Waals surface area contributed by atoms with Crippen LogP contribution in [0.4, 0.5) is 11.4 Å². The average Bonchev–Trinajstić information content (AvgIpc) is 2.72. The molecule has 2 aromatic rings. The third kappa shape index (κ3) is 5.14. The molecule has 2 rings (SSSR count). The lowest BCUT2D eigenvalue weighted by Crippen LogP contribution is -2.39. The van der Waals surface area contributed by atoms with Crippen molar-refractivity contribution in [3.05, 3.63) is 52.1 Å². The van der Waals surface area contributed by atoms with Crippen LogP contribution >= 0.6 is 0 Å². The van der Waals surface area contributed by atoms with Crippen molar-refractivity contribution in [2.45, 2.75) is 19.5 Å². The molecule has 0 aliphatic carbocycles. The number of nitro benzene ring substituents is 1. The fraction of sp³-hybridized carbons (Fsp3) is 0.350. The van der Waals surface area contributed by atoms with Gasteiger partial charge in [0, 0.05) is 24.2 Å². The van der Waals surface area contributed by atoms with E-state index in [-0.39, 0.29) is 17.3 Å². The zero-order valence-corrected chi connectivity index (χ0v) is 17.1. The number of likely N-dealkylation sites (N-methyl/N-ethyl adjacent to an activating group) is 1. The molecule has 0 saturated carbocycles. The van der Waals surface area contributed by atoms with E-state index in [0.29, 0.717) is 23.8 Å². The van der Waals surface area contributed by atoms with Gasteiger partial charge >= 0.3 is 0 Å². The van der Waals surface area contributed by atoms with Gasteiger partial charge in [-0.25, -0.2) is 0 Å². The van der Waals surface area contributed by atoms with Crippen LogP contribution in [0.25, 0.3) is 0 Å². The van der Waals surface area contributed by atoms with Crippen molar-refractivity contribution < 1.29 is 23.9 Å². The number of ether oxygens (including phenoxy) is 3. The van der Waals surface area contributed by atoms with Crippen LogP contribution in [0, 0.1) is 10.1 Å². The monoisotopic (exact) mass is 403 g/mol. The standard InChI is InChI=1S/C20H25N3O6/c1-13(22(2)12-14-7-6-8-18(28-4)19(14)29-5)20(24)21-16-11-15(23(25)26)9-10-17(16)27-3/h6-11,13H,12H2,1-5H3,(H,21,24)/t13-/m0/s1. The van der Waals surface area contributed by atoms with E-state index in [2.05, 4.69) is 5.32 Å². The Labute approximate surface area is 169 Å². The van der Waals surface area contributed by atoms with Crippen molar-refractivity contribution in [3.63, 3.8) is 0 Å². The Morgan fingerprint density at radius 1 is 1.14 bits per heavy atom. The number of methoxy groups -OCH3 is 3. The number of nitro groups is 1. The first kappa shape index (κ1) is 22.0. The Balaban J connectivity index is 2.17. The predicted molar refractivity (Wildman–Crippen MR) is 109 cm³/mol. The first-order chi connectivity index (χ1) is 13.8. The Morgan fingerprint density at radius 3 is 2.41 bits per heavy atom. The fourth-order valence-corrected chi connectivity index (χ4v) is 2.83. The fourth-order valence-electron chi connectivity index (χ4n) is 2.83. The normalized spacial score (nSPS) is 11.7. The lowest BCUT2D eigenvalue weighted by molar-refractivity contribution is -0.384. The number of carbonyl (C=O) groups is 1. The van der Waals surface area contributed by atoms with Crippen molar-refractivity contribution in [2.24, 2.45) is 0 Å². The highest BCUT2D eigenvalue weighted by Crippen LogP contribution is 2.32. The third-order valence-corrected chi connectivity index (χ3v) is 4.60. The SMILES string of the molecule is COc1ccc([N+](=O)[O-])cc1NC(=O)[C@H](C)N(C)Cc1cccc(OC)c1OC. The number of anilines is 1. The third-order valence-electron chi connectivity index (χ3n) is 4.60. The lowest BCUT2D eigenvalue weighted by atomic mass is 10.1. The van der Waals surface area contributed by atoms with Gasteiger partial charge in [0.2, 0.25) is 5.91 Å². The molecule has 0 aromatic heterocycles. The van der Waals surface area contributed by atoms with Crippen LogP contribution < -0.4 is 19.5 Å². The van der Waals surface area contributed by atoms with Crippen LogP contribution in [0.5, 0.6) is 17.2 Å². The summed E-state index contributed by atoms with van der Waals surface area (Å²) in [6.45, 7) is 2.17. The second-order valence-electron chi connectivity index (χ2n) is 6.37. The summed E-state index contributed by atoms with van der Waals surface area (Å²) in [5, 5.41) is 13.7. The first-order valence-corrected chi connectivity index (χ1v) is 8.85. The molecular formula is C20H25N3O6. The number of nitrogens with one attached hydrogen (secondary N) is 1. The molecule has 156 valence electrons. The Morgan fingerprint density at radius 2 is 1.83 bits per heavy atom. The molecule has 0 spiro atoms. The minimum absolute atomic E-state index is 0.136. The van der Waals surface area contributed by atoms with Crippen molar-refractivity contribution in [2.75, 3.05) is 33.7 Å². The minimum Gasteiger partial charge on any atom is -0.495 e. The molecule has 0 radical (unpaired) electrons. The molecule has 1 N–H and O–H groups in total. The van der Waals surface area contributed by atoms with Crippen molar-refractivity contribution >= 4 is 17.3 Å². The summed E-state index contributed by atoms with van der Waals surface area (Å²) < 4.78 is 15.9. The van der Waals surface area contributed by atoms with Gasteiger partial charge in [0.1, 0.15) is 5.75 Å². The molecule has 2 aromatic carbocycles. The first-order valence-electron chi connectivity index (χ1n) is 8.85. The zero-order valence-electron chi connectivity index (χ0n) is 17.1. The van der Waals surface area contributed by atoms with Crippen LogP contribution in [-0.4, -0.2) is 50.1 Å². The van der Waals surface area contributed by atoms with Crippen LogP contribution in [0.2, 0.25) is 0 Å². The molecule has 0 heterocycles. The molecule has 9 nitrogen and oxygen atoms in total. The van der Waals surface area contributed by atoms with Gasteiger partial charge in [-0.15, -0.1) is 0 Å². The maximum absolute atomic E-state index is 12.7. The summed E-state index contributed by atoms with van der Waals surface area (Å²) in [7, 11) is 6.36. The molecule has 1 atom stereocenters. The van der Waals surface area contributed by atoms with Crippen molar-refractivity contribution in [1.29, 1.82) is 0 Å². The number of carbonyl (C=O) groups excluding carboxylic acids is 1. The van der Waals surface area contributed by atoms with E-state index in [1.54, 1.807) is 34.3 Å². The van der Waals surface area contributed by atoms with E-state index in [0.717, 1.165) is 5.56 Å². The van der Waals surface area contributed by atoms with Gasteiger partial charge in [0.05, 0.1) is 38.0 Å². The van der Waals surface area contributed by atoms with E-state index < -0.39 is 11.0 Å². The number of rotatable bonds is 9. The van der Waals surface area contributed by atoms with E-state index in [1.807, 2.05) is 17.0 Å². The number of amides is 1. The number of hydrogen-bond donors (Lipinski definition) is 1. The topological polar surface area (TPSA) is 103 Å². The maximum atomic E-state index is 12.7. The number of nitrogens with zero attached hydrogens (tertiary/aromatic N) is 2. The second-order valence-corrected chi connectivity index (χ2v) is 6.37. The van der Waals surface area contributed by atoms with Crippen LogP contribution in [0.15, 0.2) is 36.4 Å². The highest BCUT2D eigenvalue weighted by Gasteiger charge is 2.22. The molecule has 0 unspecified atom stereocenters. The molecule has 0 bridgehead atoms. The summed E-state index contributed by atoms with van der Waals surface area (Å²) in [4.78, 5) is 25.1. The smallest absolute Gasteiger partial charge is 0.271 e. The summed E-state index contributed by atoms with van der Waals surface area (Å²) in [6.07, 6.45) is 0. The maximum Gasteiger partial charge on any atom is 0.271 e. The summed E-state index contributed by atoms with van der Waals surface area (Å²) in [6, 6.07) is 9.05. The number of hydrogen-bond acceptors (Lipinski definition) is 7. The van der Waals surface area contributed by atoms with Crippen LogP contribution in [-0.2, 0) is 11.3 Å². The largest absolute Gasteiger partial charge is 0.495 e. The second kappa shape index (κ2) is 9.74. The highest BCUT2D eigenvalue weighted by molar-refractivity contribution is 5.96. The van der Waals surface area contributed by atoms with Gasteiger partial charge in [0.25, 0.3) is 5.69 Å². The predicted octanol–water partition coefficient (Wildman–Crippen LogP) is 3.08. The van der Waals surface area contributed by atoms with E-state index in [1.165, 1.54) is 25.3 Å². The Kier molecular flexibility index (Phi) is 7.38. The van der Waals surface area contributed by atoms with Gasteiger partial charge in [-0.2, -0.15) is 0 Å². The molecule has 0 saturated heterocycles. The number of benzene rings is 2. The molecule has 9 heteroatoms. The summed E-state index contributed by atoms with van der Waals surface area (Å²) in [5.74, 6) is 1.23. The van der Waals surface area contributed by atoms with E-state index >= 15 is 0 Å². The summed E-state index contributed by atoms with van der Waals surface area (Å²) in [5.41, 5.74) is 0.969. The Hall–Kier alpha value is -3.33. The van der Waals surface area contributed by atoms with Crippen molar-refractivity contribution in [3.8, 4) is 17.2 Å². The van der Waals surface area contributed by atoms with E-state index in [4.69, 9.17) is 14.2 Å². The van der Waals surface area contributed by atoms with Gasteiger partial charge in [0.15, 0.2) is 11.5 Å². The van der Waals surface area contributed by atoms with Gasteiger partial charge in [-0.1, -0.05) is 12.1 Å². The quantitative estimate of drug-likeness (QED) is 0.507. The van der Waals surface area contributed by atoms with Crippen molar-refractivity contribution in [1.82, 2.24) is 4.90 Å². The highest BCUT2D eigenvalue weighted by atomic mass is 16.6. The van der Waals surface area contributed by atoms with Gasteiger partial charge in [-0.3, -0.25) is 19.8 Å². The van der Waals surface area contributed by atoms with Gasteiger partial charge in [-0.05, 0) is 26.1 Å². The molecular weight excluding hydrogens is 378 g/mol. The van der Waals surface area contributed by atoms with Crippen LogP contribution in [0.3, 0.4) is 0 Å². The molecule has 0 aliphatic heterocycles. The Bertz CT molecular complexity index is 887. The van der Waals surface area contributed by atoms with E-state index in [9.17, 15) is 14.9 Å². The lowest BCUT2D eigenvalue weighted by Gasteiger charge is -2.25. The average molecular weight is 403 g/mol. The van der Waals surface area contributed by atoms with Gasteiger partial charge < -0.3 is 19.5 Å². The zero-order chi connectivity index (χ0) is 21.6. The molecule has 29 heavy (non-hydrogen) atoms. The molecule has 1 amide bonds. The number of non-ortho nitro benzene ring substituents is 1. The number of para-hydroxylation sites is 1.